The van der Waals surface area contributed by atoms with E-state index in [1.165, 1.54) is 19.8 Å². The number of ketones is 1. The lowest BCUT2D eigenvalue weighted by molar-refractivity contribution is -0.127. The Labute approximate surface area is 148 Å². The van der Waals surface area contributed by atoms with E-state index >= 15 is 0 Å². The Morgan fingerprint density at radius 3 is 2.72 bits per heavy atom. The molecular weight excluding hydrogens is 322 g/mol. The van der Waals surface area contributed by atoms with Gasteiger partial charge in [-0.3, -0.25) is 14.3 Å². The minimum atomic E-state index is -0.142. The molecule has 1 N–H and O–H groups in total. The molecule has 1 aliphatic heterocycles. The first-order valence-electron chi connectivity index (χ1n) is 8.99. The SMILES string of the molecule is CC(=O)c1c(C)nn(CC(=O)N[C@@H]2COCC[C@@H]2OCC2CC2)c1C. The van der Waals surface area contributed by atoms with Gasteiger partial charge in [0.2, 0.25) is 5.91 Å². The molecule has 7 nitrogen and oxygen atoms in total. The molecule has 1 amide bonds. The van der Waals surface area contributed by atoms with Gasteiger partial charge in [-0.15, -0.1) is 0 Å². The van der Waals surface area contributed by atoms with Crippen molar-refractivity contribution in [3.63, 3.8) is 0 Å². The summed E-state index contributed by atoms with van der Waals surface area (Å²) >= 11 is 0. The molecule has 2 fully saturated rings. The molecule has 0 spiro atoms. The van der Waals surface area contributed by atoms with Crippen molar-refractivity contribution in [3.8, 4) is 0 Å². The number of ether oxygens (including phenoxy) is 2. The third-order valence-corrected chi connectivity index (χ3v) is 4.91. The summed E-state index contributed by atoms with van der Waals surface area (Å²) in [6, 6.07) is -0.135. The second-order valence-electron chi connectivity index (χ2n) is 7.11. The van der Waals surface area contributed by atoms with Gasteiger partial charge in [-0.2, -0.15) is 5.10 Å². The van der Waals surface area contributed by atoms with Crippen LogP contribution in [0.25, 0.3) is 0 Å². The van der Waals surface area contributed by atoms with Gasteiger partial charge in [-0.25, -0.2) is 0 Å². The molecule has 1 saturated carbocycles. The van der Waals surface area contributed by atoms with E-state index < -0.39 is 0 Å². The van der Waals surface area contributed by atoms with Crippen molar-refractivity contribution in [2.75, 3.05) is 19.8 Å². The van der Waals surface area contributed by atoms with Gasteiger partial charge in [-0.05, 0) is 46.0 Å². The third kappa shape index (κ3) is 4.46. The van der Waals surface area contributed by atoms with Gasteiger partial charge < -0.3 is 14.8 Å². The number of hydrogen-bond acceptors (Lipinski definition) is 5. The van der Waals surface area contributed by atoms with Gasteiger partial charge in [0.25, 0.3) is 0 Å². The normalized spacial score (nSPS) is 23.5. The number of nitrogens with zero attached hydrogens (tertiary/aromatic N) is 2. The predicted molar refractivity (Wildman–Crippen MR) is 91.5 cm³/mol. The van der Waals surface area contributed by atoms with Crippen LogP contribution in [0.3, 0.4) is 0 Å². The molecule has 0 unspecified atom stereocenters. The number of aryl methyl sites for hydroxylation is 1. The van der Waals surface area contributed by atoms with Crippen molar-refractivity contribution >= 4 is 11.7 Å². The molecule has 1 saturated heterocycles. The van der Waals surface area contributed by atoms with Crippen molar-refractivity contribution in [3.05, 3.63) is 17.0 Å². The van der Waals surface area contributed by atoms with Crippen LogP contribution in [0.5, 0.6) is 0 Å². The van der Waals surface area contributed by atoms with Gasteiger partial charge in [0.1, 0.15) is 6.54 Å². The Balaban J connectivity index is 1.59. The van der Waals surface area contributed by atoms with E-state index in [-0.39, 0.29) is 30.4 Å². The first-order valence-corrected chi connectivity index (χ1v) is 8.99. The number of hydrogen-bond donors (Lipinski definition) is 1. The van der Waals surface area contributed by atoms with E-state index in [0.717, 1.165) is 18.7 Å². The maximum Gasteiger partial charge on any atom is 0.242 e. The molecule has 7 heteroatoms. The summed E-state index contributed by atoms with van der Waals surface area (Å²) in [6.45, 7) is 7.12. The summed E-state index contributed by atoms with van der Waals surface area (Å²) < 4.78 is 13.1. The van der Waals surface area contributed by atoms with Gasteiger partial charge in [0, 0.05) is 18.9 Å². The largest absolute Gasteiger partial charge is 0.379 e. The third-order valence-electron chi connectivity index (χ3n) is 4.91. The van der Waals surface area contributed by atoms with Crippen molar-refractivity contribution in [1.29, 1.82) is 0 Å². The fraction of sp³-hybridized carbons (Fsp3) is 0.722. The fourth-order valence-electron chi connectivity index (χ4n) is 3.35. The molecule has 0 radical (unpaired) electrons. The van der Waals surface area contributed by atoms with E-state index in [1.807, 2.05) is 6.92 Å². The predicted octanol–water partition coefficient (Wildman–Crippen LogP) is 1.40. The van der Waals surface area contributed by atoms with Crippen LogP contribution in [0.1, 0.15) is 47.9 Å². The minimum Gasteiger partial charge on any atom is -0.379 e. The zero-order valence-electron chi connectivity index (χ0n) is 15.2. The Morgan fingerprint density at radius 2 is 2.08 bits per heavy atom. The highest BCUT2D eigenvalue weighted by Crippen LogP contribution is 2.30. The Morgan fingerprint density at radius 1 is 1.32 bits per heavy atom. The van der Waals surface area contributed by atoms with Crippen molar-refractivity contribution in [2.45, 2.75) is 58.7 Å². The van der Waals surface area contributed by atoms with E-state index in [4.69, 9.17) is 9.47 Å². The van der Waals surface area contributed by atoms with Crippen LogP contribution >= 0.6 is 0 Å². The highest BCUT2D eigenvalue weighted by molar-refractivity contribution is 5.96. The number of nitrogens with one attached hydrogen (secondary N) is 1. The van der Waals surface area contributed by atoms with Gasteiger partial charge in [-0.1, -0.05) is 0 Å². The summed E-state index contributed by atoms with van der Waals surface area (Å²) in [4.78, 5) is 24.1. The van der Waals surface area contributed by atoms with Crippen LogP contribution in [0.2, 0.25) is 0 Å². The number of rotatable bonds is 7. The van der Waals surface area contributed by atoms with Gasteiger partial charge in [0.15, 0.2) is 5.78 Å². The topological polar surface area (TPSA) is 82.5 Å². The molecule has 1 aromatic rings. The molecule has 2 atom stereocenters. The van der Waals surface area contributed by atoms with Crippen LogP contribution in [0, 0.1) is 19.8 Å². The second kappa shape index (κ2) is 7.66. The maximum atomic E-state index is 12.5. The molecule has 3 rings (SSSR count). The van der Waals surface area contributed by atoms with Crippen LogP contribution in [-0.2, 0) is 20.8 Å². The van der Waals surface area contributed by atoms with Crippen LogP contribution in [0.15, 0.2) is 0 Å². The lowest BCUT2D eigenvalue weighted by Gasteiger charge is -2.32. The number of aromatic nitrogens is 2. The van der Waals surface area contributed by atoms with Crippen molar-refractivity contribution in [1.82, 2.24) is 15.1 Å². The minimum absolute atomic E-state index is 0.00605. The molecular formula is C18H27N3O4. The molecule has 1 aromatic heterocycles. The van der Waals surface area contributed by atoms with E-state index in [1.54, 1.807) is 11.6 Å². The summed E-state index contributed by atoms with van der Waals surface area (Å²) in [5, 5.41) is 7.34. The molecule has 0 aromatic carbocycles. The number of amides is 1. The average Bonchev–Trinajstić information content (AvgIpc) is 3.33. The van der Waals surface area contributed by atoms with E-state index in [2.05, 4.69) is 10.4 Å². The van der Waals surface area contributed by atoms with Gasteiger partial charge in [0.05, 0.1) is 30.0 Å². The summed E-state index contributed by atoms with van der Waals surface area (Å²) in [5.74, 6) is 0.519. The number of carbonyl (C=O) groups excluding carboxylic acids is 2. The van der Waals surface area contributed by atoms with Crippen molar-refractivity contribution in [2.24, 2.45) is 5.92 Å². The summed E-state index contributed by atoms with van der Waals surface area (Å²) in [7, 11) is 0. The number of carbonyl (C=O) groups is 2. The van der Waals surface area contributed by atoms with Crippen LogP contribution in [-0.4, -0.2) is 53.4 Å². The zero-order chi connectivity index (χ0) is 18.0. The fourth-order valence-corrected chi connectivity index (χ4v) is 3.35. The van der Waals surface area contributed by atoms with E-state index in [9.17, 15) is 9.59 Å². The highest BCUT2D eigenvalue weighted by Gasteiger charge is 2.31. The maximum absolute atomic E-state index is 12.5. The number of Topliss-reactive ketones (excluding diaryl/α,β-unsaturated/α-hetero) is 1. The quantitative estimate of drug-likeness (QED) is 0.753. The van der Waals surface area contributed by atoms with E-state index in [0.29, 0.717) is 30.4 Å². The molecule has 2 aliphatic rings. The molecule has 1 aliphatic carbocycles. The Hall–Kier alpha value is -1.73. The summed E-state index contributed by atoms with van der Waals surface area (Å²) in [6.07, 6.45) is 3.30. The smallest absolute Gasteiger partial charge is 0.242 e. The zero-order valence-corrected chi connectivity index (χ0v) is 15.2. The van der Waals surface area contributed by atoms with Crippen LogP contribution in [0.4, 0.5) is 0 Å². The average molecular weight is 349 g/mol. The first kappa shape index (κ1) is 18.1. The first-order chi connectivity index (χ1) is 12.0. The molecule has 138 valence electrons. The monoisotopic (exact) mass is 349 g/mol. The van der Waals surface area contributed by atoms with Gasteiger partial charge >= 0.3 is 0 Å². The second-order valence-corrected chi connectivity index (χ2v) is 7.11. The molecule has 25 heavy (non-hydrogen) atoms. The lowest BCUT2D eigenvalue weighted by Crippen LogP contribution is -2.51. The van der Waals surface area contributed by atoms with Crippen LogP contribution < -0.4 is 5.32 Å². The standard InChI is InChI=1S/C18H27N3O4/c1-11-18(13(3)22)12(2)21(20-11)8-17(23)19-15-10-24-7-6-16(15)25-9-14-4-5-14/h14-16H,4-10H2,1-3H3,(H,19,23)/t15-,16+/m1/s1. The lowest BCUT2D eigenvalue weighted by atomic mass is 10.1. The Kier molecular flexibility index (Phi) is 5.54. The molecule has 0 bridgehead atoms. The summed E-state index contributed by atoms with van der Waals surface area (Å²) in [5.41, 5.74) is 1.98. The Bertz CT molecular complexity index is 651. The molecule has 2 heterocycles. The van der Waals surface area contributed by atoms with Crippen molar-refractivity contribution < 1.29 is 19.1 Å². The highest BCUT2D eigenvalue weighted by atomic mass is 16.5.